The molecule has 0 aliphatic carbocycles. The Balaban J connectivity index is 0.00000264. The zero-order valence-electron chi connectivity index (χ0n) is 38.2. The van der Waals surface area contributed by atoms with Crippen LogP contribution in [0.3, 0.4) is 0 Å². The predicted octanol–water partition coefficient (Wildman–Crippen LogP) is 18.4. The summed E-state index contributed by atoms with van der Waals surface area (Å²) in [5.41, 5.74) is 22.4. The van der Waals surface area contributed by atoms with Crippen LogP contribution in [0.4, 0.5) is 0 Å². The quantitative estimate of drug-likeness (QED) is 0.0757. The monoisotopic (exact) mass is 904 g/mol. The molecule has 0 amide bonds. The van der Waals surface area contributed by atoms with Gasteiger partial charge in [0.1, 0.15) is 0 Å². The summed E-state index contributed by atoms with van der Waals surface area (Å²) in [6.07, 6.45) is 7.54. The molecule has 8 aromatic rings. The van der Waals surface area contributed by atoms with Crippen molar-refractivity contribution in [2.45, 2.75) is 138 Å². The fourth-order valence-corrected chi connectivity index (χ4v) is 10.6. The van der Waals surface area contributed by atoms with Crippen LogP contribution in [-0.2, 0) is 6.54 Å². The van der Waals surface area contributed by atoms with E-state index in [-0.39, 0.29) is 51.3 Å². The van der Waals surface area contributed by atoms with Crippen molar-refractivity contribution < 1.29 is 0 Å². The van der Waals surface area contributed by atoms with E-state index >= 15 is 0 Å². The number of hydrogen-bond acceptors (Lipinski definition) is 0. The third-order valence-electron chi connectivity index (χ3n) is 13.8. The molecule has 1 nitrogen and oxygen atoms in total. The number of hydrogen-bond donors (Lipinski definition) is 0. The largest absolute Gasteiger partial charge is 0.341 e. The first-order valence-corrected chi connectivity index (χ1v) is 22.9. The van der Waals surface area contributed by atoms with E-state index in [0.717, 1.165) is 25.0 Å². The summed E-state index contributed by atoms with van der Waals surface area (Å²) >= 11 is 0. The third-order valence-corrected chi connectivity index (χ3v) is 13.8. The Bertz CT molecular complexity index is 2840. The van der Waals surface area contributed by atoms with E-state index in [9.17, 15) is 0 Å². The molecular weight excluding hydrogens is 818 g/mol. The molecule has 0 spiro atoms. The maximum Gasteiger partial charge on any atom is 0.242 e. The van der Waals surface area contributed by atoms with Crippen LogP contribution in [0.2, 0.25) is 0 Å². The smallest absolute Gasteiger partial charge is 0.242 e. The molecule has 0 saturated heterocycles. The summed E-state index contributed by atoms with van der Waals surface area (Å²) in [5.74, 6) is 0.998. The van der Waals surface area contributed by atoms with Crippen molar-refractivity contribution in [2.75, 3.05) is 0 Å². The normalized spacial score (nSPS) is 11.7. The molecule has 0 bridgehead atoms. The van der Waals surface area contributed by atoms with Gasteiger partial charge < -0.3 is 4.57 Å². The molecule has 0 N–H and O–H groups in total. The van der Waals surface area contributed by atoms with Gasteiger partial charge in [-0.25, -0.2) is 0 Å². The van der Waals surface area contributed by atoms with Crippen molar-refractivity contribution in [3.05, 3.63) is 203 Å². The lowest BCUT2D eigenvalue weighted by Crippen LogP contribution is -2.55. The molecule has 0 fully saturated rings. The lowest BCUT2D eigenvalue weighted by molar-refractivity contribution is 0.537. The Morgan fingerprint density at radius 3 is 1.60 bits per heavy atom. The minimum atomic E-state index is 0. The van der Waals surface area contributed by atoms with E-state index in [1.165, 1.54) is 106 Å². The van der Waals surface area contributed by atoms with E-state index in [4.69, 9.17) is 0 Å². The SMILES string of the molecule is C.C.C.C.C.C.C=C/C(=C\C)c1ccc(B(c2c(C)cc(-c3ccccc3)cc2C)c2c(C)cc(-c3ccc(C(CC)CCC(C)c4cccc5c4c4ccccc4n5CC)cc3)cc2C)cc1. The van der Waals surface area contributed by atoms with Gasteiger partial charge in [0.15, 0.2) is 0 Å². The highest BCUT2D eigenvalue weighted by Gasteiger charge is 2.29. The average Bonchev–Trinajstić information content (AvgIpc) is 3.63. The molecule has 358 valence electrons. The van der Waals surface area contributed by atoms with Crippen molar-refractivity contribution >= 4 is 50.5 Å². The maximum absolute atomic E-state index is 4.07. The van der Waals surface area contributed by atoms with Crippen molar-refractivity contribution in [1.29, 1.82) is 0 Å². The number of rotatable bonds is 14. The average molecular weight is 904 g/mol. The molecule has 0 aliphatic heterocycles. The Kier molecular flexibility index (Phi) is 21.6. The van der Waals surface area contributed by atoms with E-state index in [2.05, 4.69) is 218 Å². The number of fused-ring (bicyclic) bond motifs is 3. The molecule has 68 heavy (non-hydrogen) atoms. The summed E-state index contributed by atoms with van der Waals surface area (Å²) in [7, 11) is 0. The Morgan fingerprint density at radius 1 is 0.574 bits per heavy atom. The molecule has 2 unspecified atom stereocenters. The van der Waals surface area contributed by atoms with Crippen molar-refractivity contribution in [3.63, 3.8) is 0 Å². The maximum atomic E-state index is 4.07. The molecule has 1 aromatic heterocycles. The second-order valence-corrected chi connectivity index (χ2v) is 17.6. The number of allylic oxidation sites excluding steroid dienone is 3. The molecule has 7 aromatic carbocycles. The van der Waals surface area contributed by atoms with Crippen LogP contribution in [0, 0.1) is 27.7 Å². The predicted molar refractivity (Wildman–Crippen MR) is 314 cm³/mol. The lowest BCUT2D eigenvalue weighted by Gasteiger charge is -2.25. The summed E-state index contributed by atoms with van der Waals surface area (Å²) in [6, 6.07) is 54.9. The second kappa shape index (κ2) is 25.3. The van der Waals surface area contributed by atoms with Gasteiger partial charge in [-0.1, -0.05) is 249 Å². The van der Waals surface area contributed by atoms with Gasteiger partial charge in [-0.05, 0) is 129 Å². The van der Waals surface area contributed by atoms with Gasteiger partial charge in [-0.3, -0.25) is 0 Å². The summed E-state index contributed by atoms with van der Waals surface area (Å²) < 4.78 is 2.47. The highest BCUT2D eigenvalue weighted by atomic mass is 15.0. The third kappa shape index (κ3) is 11.2. The van der Waals surface area contributed by atoms with Gasteiger partial charge in [-0.2, -0.15) is 0 Å². The highest BCUT2D eigenvalue weighted by Crippen LogP contribution is 2.38. The van der Waals surface area contributed by atoms with Crippen LogP contribution in [0.25, 0.3) is 49.6 Å². The topological polar surface area (TPSA) is 4.93 Å². The molecular formula is C66H86BN. The number of aromatic nitrogens is 1. The number of nitrogens with zero attached hydrogens (tertiary/aromatic N) is 1. The van der Waals surface area contributed by atoms with Crippen LogP contribution in [-0.4, -0.2) is 11.3 Å². The van der Waals surface area contributed by atoms with Gasteiger partial charge >= 0.3 is 0 Å². The molecule has 2 heteroatoms. The second-order valence-electron chi connectivity index (χ2n) is 17.6. The summed E-state index contributed by atoms with van der Waals surface area (Å²) in [4.78, 5) is 0. The van der Waals surface area contributed by atoms with Gasteiger partial charge in [-0.15, -0.1) is 0 Å². The van der Waals surface area contributed by atoms with Crippen LogP contribution < -0.4 is 16.4 Å². The van der Waals surface area contributed by atoms with Crippen LogP contribution in [0.15, 0.2) is 164 Å². The Hall–Kier alpha value is -6.12. The first-order valence-electron chi connectivity index (χ1n) is 22.9. The summed E-state index contributed by atoms with van der Waals surface area (Å²) in [6.45, 7) is 23.5. The van der Waals surface area contributed by atoms with E-state index in [1.54, 1.807) is 0 Å². The zero-order valence-corrected chi connectivity index (χ0v) is 38.2. The van der Waals surface area contributed by atoms with Gasteiger partial charge in [0, 0.05) is 28.4 Å². The van der Waals surface area contributed by atoms with Crippen molar-refractivity contribution in [3.8, 4) is 22.3 Å². The highest BCUT2D eigenvalue weighted by molar-refractivity contribution is 6.96. The molecule has 0 saturated carbocycles. The fraction of sp³-hybridized carbons (Fsp3) is 0.303. The van der Waals surface area contributed by atoms with E-state index in [1.807, 2.05) is 6.08 Å². The summed E-state index contributed by atoms with van der Waals surface area (Å²) in [5, 5.41) is 2.82. The molecule has 1 heterocycles. The Labute approximate surface area is 416 Å². The first kappa shape index (κ1) is 58.0. The van der Waals surface area contributed by atoms with Crippen molar-refractivity contribution in [2.24, 2.45) is 0 Å². The van der Waals surface area contributed by atoms with E-state index < -0.39 is 0 Å². The van der Waals surface area contributed by atoms with Crippen LogP contribution in [0.1, 0.15) is 142 Å². The minimum absolute atomic E-state index is 0. The number of para-hydroxylation sites is 1. The van der Waals surface area contributed by atoms with Gasteiger partial charge in [0.05, 0.1) is 0 Å². The number of benzene rings is 7. The lowest BCUT2D eigenvalue weighted by atomic mass is 9.34. The fourth-order valence-electron chi connectivity index (χ4n) is 10.6. The number of aryl methyl sites for hydroxylation is 5. The standard InChI is InChI=1S/C60H62BN.6CH4/c1-10-45(11-2)48-32-34-53(35-33-48)61(59-41(6)36-51(37-42(59)7)47-20-15-14-16-21-47)60-43(8)38-52(39-44(60)9)50-30-28-49(29-31-50)46(12-3)27-26-40(5)54-23-19-25-57-58(54)55-22-17-18-24-56(55)62(57)13-4;;;;;;/h10-11,14-25,28-40,46H,1,12-13,26-27H2,2-9H3;6*1H4/b45-11+;;;;;;. The van der Waals surface area contributed by atoms with Crippen molar-refractivity contribution in [1.82, 2.24) is 4.57 Å². The molecule has 8 rings (SSSR count). The van der Waals surface area contributed by atoms with Gasteiger partial charge in [0.2, 0.25) is 6.71 Å². The Morgan fingerprint density at radius 2 is 1.09 bits per heavy atom. The van der Waals surface area contributed by atoms with Gasteiger partial charge in [0.25, 0.3) is 0 Å². The zero-order chi connectivity index (χ0) is 43.5. The minimum Gasteiger partial charge on any atom is -0.341 e. The molecule has 0 aliphatic rings. The molecule has 0 radical (unpaired) electrons. The first-order chi connectivity index (χ1) is 30.1. The van der Waals surface area contributed by atoms with Crippen LogP contribution in [0.5, 0.6) is 0 Å². The molecule has 2 atom stereocenters. The van der Waals surface area contributed by atoms with Crippen LogP contribution >= 0.6 is 0 Å². The van der Waals surface area contributed by atoms with E-state index in [0.29, 0.717) is 11.8 Å².